The van der Waals surface area contributed by atoms with E-state index in [9.17, 15) is 0 Å². The molecule has 0 saturated heterocycles. The molecule has 0 saturated carbocycles. The number of halogens is 1. The maximum Gasteiger partial charge on any atom is 0.153 e. The lowest BCUT2D eigenvalue weighted by molar-refractivity contribution is 0.551. The minimum atomic E-state index is 0.613. The predicted molar refractivity (Wildman–Crippen MR) is 77.7 cm³/mol. The topological polar surface area (TPSA) is 42.7 Å². The summed E-state index contributed by atoms with van der Waals surface area (Å²) < 4.78 is 1.68. The maximum absolute atomic E-state index is 5.86. The van der Waals surface area contributed by atoms with E-state index in [4.69, 9.17) is 11.6 Å². The summed E-state index contributed by atoms with van der Waals surface area (Å²) in [6.07, 6.45) is 3.36. The van der Waals surface area contributed by atoms with E-state index >= 15 is 0 Å². The van der Waals surface area contributed by atoms with Gasteiger partial charge < -0.3 is 5.32 Å². The number of aromatic nitrogens is 3. The number of pyridine rings is 1. The van der Waals surface area contributed by atoms with Crippen LogP contribution in [0.3, 0.4) is 0 Å². The van der Waals surface area contributed by atoms with Crippen LogP contribution < -0.4 is 5.32 Å². The molecule has 2 aromatic heterocycles. The molecule has 1 N–H and O–H groups in total. The quantitative estimate of drug-likeness (QED) is 0.914. The van der Waals surface area contributed by atoms with Crippen molar-refractivity contribution >= 4 is 11.6 Å². The number of hydrogen-bond donors (Lipinski definition) is 1. The van der Waals surface area contributed by atoms with Gasteiger partial charge in [0, 0.05) is 12.2 Å². The van der Waals surface area contributed by atoms with Gasteiger partial charge in [-0.2, -0.15) is 5.10 Å². The van der Waals surface area contributed by atoms with E-state index in [-0.39, 0.29) is 0 Å². The normalized spacial score (nSPS) is 11.2. The number of hydrogen-bond acceptors (Lipinski definition) is 3. The van der Waals surface area contributed by atoms with Crippen LogP contribution in [0.2, 0.25) is 5.02 Å². The molecule has 0 unspecified atom stereocenters. The van der Waals surface area contributed by atoms with Gasteiger partial charge in [0.2, 0.25) is 0 Å². The Morgan fingerprint density at radius 2 is 2.16 bits per heavy atom. The van der Waals surface area contributed by atoms with E-state index in [0.29, 0.717) is 10.9 Å². The fourth-order valence-electron chi connectivity index (χ4n) is 1.81. The zero-order valence-corrected chi connectivity index (χ0v) is 12.3. The maximum atomic E-state index is 5.86. The summed E-state index contributed by atoms with van der Waals surface area (Å²) in [5, 5.41) is 8.18. The first-order valence-corrected chi connectivity index (χ1v) is 6.82. The third-order valence-electron chi connectivity index (χ3n) is 2.83. The van der Waals surface area contributed by atoms with Crippen LogP contribution in [0.15, 0.2) is 24.5 Å². The molecule has 0 aliphatic carbocycles. The van der Waals surface area contributed by atoms with E-state index in [1.54, 1.807) is 17.1 Å². The first-order chi connectivity index (χ1) is 9.06. The number of nitrogens with zero attached hydrogens (tertiary/aromatic N) is 3. The van der Waals surface area contributed by atoms with E-state index < -0.39 is 0 Å². The van der Waals surface area contributed by atoms with E-state index in [1.807, 2.05) is 13.0 Å². The molecular weight excluding hydrogens is 260 g/mol. The van der Waals surface area contributed by atoms with Gasteiger partial charge in [-0.05, 0) is 31.0 Å². The van der Waals surface area contributed by atoms with Gasteiger partial charge in [0.1, 0.15) is 0 Å². The second-order valence-electron chi connectivity index (χ2n) is 5.04. The van der Waals surface area contributed by atoms with Crippen LogP contribution in [0.4, 0.5) is 0 Å². The Labute approximate surface area is 118 Å². The summed E-state index contributed by atoms with van der Waals surface area (Å²) in [7, 11) is 0. The van der Waals surface area contributed by atoms with Crippen LogP contribution >= 0.6 is 11.6 Å². The molecule has 102 valence electrons. The number of nitrogens with one attached hydrogen (secondary N) is 1. The minimum absolute atomic E-state index is 0.613. The van der Waals surface area contributed by atoms with Crippen molar-refractivity contribution in [1.29, 1.82) is 0 Å². The summed E-state index contributed by atoms with van der Waals surface area (Å²) in [6.45, 7) is 8.26. The van der Waals surface area contributed by atoms with Crippen LogP contribution in [0.1, 0.15) is 25.1 Å². The predicted octanol–water partition coefficient (Wildman–Crippen LogP) is 2.97. The highest BCUT2D eigenvalue weighted by molar-refractivity contribution is 6.30. The lowest BCUT2D eigenvalue weighted by Crippen LogP contribution is -2.19. The fourth-order valence-corrected chi connectivity index (χ4v) is 1.95. The van der Waals surface area contributed by atoms with Gasteiger partial charge >= 0.3 is 0 Å². The number of rotatable bonds is 5. The zero-order valence-electron chi connectivity index (χ0n) is 11.5. The number of aryl methyl sites for hydroxylation is 1. The van der Waals surface area contributed by atoms with Crippen molar-refractivity contribution in [2.75, 3.05) is 6.54 Å². The smallest absolute Gasteiger partial charge is 0.153 e. The summed E-state index contributed by atoms with van der Waals surface area (Å²) >= 11 is 5.86. The lowest BCUT2D eigenvalue weighted by atomic mass is 10.2. The highest BCUT2D eigenvalue weighted by Crippen LogP contribution is 2.13. The van der Waals surface area contributed by atoms with E-state index in [0.717, 1.165) is 24.6 Å². The Kier molecular flexibility index (Phi) is 4.56. The molecule has 0 aromatic carbocycles. The van der Waals surface area contributed by atoms with Crippen LogP contribution in [0.25, 0.3) is 5.82 Å². The van der Waals surface area contributed by atoms with Gasteiger partial charge in [-0.3, -0.25) is 0 Å². The van der Waals surface area contributed by atoms with Crippen LogP contribution in [0, 0.1) is 12.8 Å². The fraction of sp³-hybridized carbons (Fsp3) is 0.429. The van der Waals surface area contributed by atoms with Crippen LogP contribution in [-0.4, -0.2) is 21.3 Å². The molecule has 4 nitrogen and oxygen atoms in total. The average Bonchev–Trinajstić information content (AvgIpc) is 2.77. The molecule has 0 amide bonds. The summed E-state index contributed by atoms with van der Waals surface area (Å²) in [5.41, 5.74) is 2.23. The van der Waals surface area contributed by atoms with Gasteiger partial charge in [0.25, 0.3) is 0 Å². The van der Waals surface area contributed by atoms with Crippen molar-refractivity contribution in [2.45, 2.75) is 27.3 Å². The monoisotopic (exact) mass is 278 g/mol. The third-order valence-corrected chi connectivity index (χ3v) is 3.03. The third kappa shape index (κ3) is 3.78. The minimum Gasteiger partial charge on any atom is -0.312 e. The summed E-state index contributed by atoms with van der Waals surface area (Å²) in [4.78, 5) is 4.56. The van der Waals surface area contributed by atoms with Gasteiger partial charge in [0.15, 0.2) is 5.82 Å². The highest BCUT2D eigenvalue weighted by Gasteiger charge is 2.05. The van der Waals surface area contributed by atoms with Crippen LogP contribution in [-0.2, 0) is 6.54 Å². The van der Waals surface area contributed by atoms with Gasteiger partial charge in [0.05, 0.1) is 17.4 Å². The molecule has 0 radical (unpaired) electrons. The van der Waals surface area contributed by atoms with Crippen molar-refractivity contribution < 1.29 is 0 Å². The molecule has 0 aliphatic rings. The van der Waals surface area contributed by atoms with Gasteiger partial charge in [-0.1, -0.05) is 31.5 Å². The van der Waals surface area contributed by atoms with E-state index in [2.05, 4.69) is 35.3 Å². The Hall–Kier alpha value is -1.39. The second-order valence-corrected chi connectivity index (χ2v) is 5.48. The molecule has 19 heavy (non-hydrogen) atoms. The van der Waals surface area contributed by atoms with Crippen molar-refractivity contribution in [3.63, 3.8) is 0 Å². The van der Waals surface area contributed by atoms with Crippen molar-refractivity contribution in [2.24, 2.45) is 5.92 Å². The van der Waals surface area contributed by atoms with Crippen molar-refractivity contribution in [3.8, 4) is 5.82 Å². The SMILES string of the molecule is Cc1nc(-n2cc(Cl)cn2)ccc1CNCC(C)C. The summed E-state index contributed by atoms with van der Waals surface area (Å²) in [5.74, 6) is 1.44. The molecule has 0 aliphatic heterocycles. The Morgan fingerprint density at radius 1 is 1.37 bits per heavy atom. The molecule has 0 atom stereocenters. The lowest BCUT2D eigenvalue weighted by Gasteiger charge is -2.10. The Bertz CT molecular complexity index is 548. The van der Waals surface area contributed by atoms with Crippen molar-refractivity contribution in [1.82, 2.24) is 20.1 Å². The van der Waals surface area contributed by atoms with E-state index in [1.165, 1.54) is 5.56 Å². The summed E-state index contributed by atoms with van der Waals surface area (Å²) in [6, 6.07) is 4.04. The van der Waals surface area contributed by atoms with Crippen LogP contribution in [0.5, 0.6) is 0 Å². The van der Waals surface area contributed by atoms with Gasteiger partial charge in [-0.15, -0.1) is 0 Å². The molecule has 5 heteroatoms. The first-order valence-electron chi connectivity index (χ1n) is 6.44. The molecule has 2 rings (SSSR count). The second kappa shape index (κ2) is 6.17. The first kappa shape index (κ1) is 14.0. The zero-order chi connectivity index (χ0) is 13.8. The molecule has 2 heterocycles. The van der Waals surface area contributed by atoms with Crippen molar-refractivity contribution in [3.05, 3.63) is 40.8 Å². The Morgan fingerprint density at radius 3 is 2.74 bits per heavy atom. The molecule has 0 fully saturated rings. The Balaban J connectivity index is 2.09. The highest BCUT2D eigenvalue weighted by atomic mass is 35.5. The molecule has 2 aromatic rings. The average molecular weight is 279 g/mol. The molecule has 0 bridgehead atoms. The standard InChI is InChI=1S/C14H19ClN4/c1-10(2)6-16-7-12-4-5-14(18-11(12)3)19-9-13(15)8-17-19/h4-5,8-10,16H,6-7H2,1-3H3. The largest absolute Gasteiger partial charge is 0.312 e. The van der Waals surface area contributed by atoms with Gasteiger partial charge in [-0.25, -0.2) is 9.67 Å². The molecular formula is C14H19ClN4. The molecule has 0 spiro atoms.